The number of carbonyl (C=O) groups is 2. The Kier molecular flexibility index (Phi) is 8.55. The maximum absolute atomic E-state index is 11.9. The monoisotopic (exact) mass is 326 g/mol. The van der Waals surface area contributed by atoms with E-state index in [0.717, 1.165) is 13.0 Å². The third kappa shape index (κ3) is 7.43. The smallest absolute Gasteiger partial charge is 0.253 e. The molecule has 2 amide bonds. The summed E-state index contributed by atoms with van der Waals surface area (Å²) in [5.74, 6) is -0.0834. The van der Waals surface area contributed by atoms with E-state index in [1.54, 1.807) is 24.3 Å². The van der Waals surface area contributed by atoms with E-state index in [2.05, 4.69) is 24.5 Å². The molecule has 0 aromatic heterocycles. The summed E-state index contributed by atoms with van der Waals surface area (Å²) in [7, 11) is 0. The van der Waals surface area contributed by atoms with Gasteiger partial charge >= 0.3 is 0 Å². The van der Waals surface area contributed by atoms with Crippen molar-refractivity contribution in [2.45, 2.75) is 20.3 Å². The average Bonchev–Trinajstić information content (AvgIpc) is 2.48. The van der Waals surface area contributed by atoms with Crippen molar-refractivity contribution in [1.82, 2.24) is 10.6 Å². The largest absolute Gasteiger partial charge is 0.381 e. The van der Waals surface area contributed by atoms with Crippen LogP contribution in [0.5, 0.6) is 0 Å². The van der Waals surface area contributed by atoms with Gasteiger partial charge in [-0.1, -0.05) is 37.6 Å². The molecule has 122 valence electrons. The number of ether oxygens (including phenoxy) is 1. The summed E-state index contributed by atoms with van der Waals surface area (Å²) < 4.78 is 5.41. The van der Waals surface area contributed by atoms with Crippen molar-refractivity contribution < 1.29 is 14.3 Å². The molecule has 0 spiro atoms. The molecular weight excluding hydrogens is 304 g/mol. The summed E-state index contributed by atoms with van der Waals surface area (Å²) in [6.45, 7) is 5.97. The van der Waals surface area contributed by atoms with E-state index in [-0.39, 0.29) is 18.4 Å². The molecule has 1 rings (SSSR count). The Morgan fingerprint density at radius 3 is 2.64 bits per heavy atom. The van der Waals surface area contributed by atoms with Gasteiger partial charge < -0.3 is 15.4 Å². The third-order valence-corrected chi connectivity index (χ3v) is 3.10. The van der Waals surface area contributed by atoms with E-state index < -0.39 is 0 Å². The van der Waals surface area contributed by atoms with Gasteiger partial charge in [-0.05, 0) is 24.5 Å². The van der Waals surface area contributed by atoms with Gasteiger partial charge in [0.25, 0.3) is 5.91 Å². The Hall–Kier alpha value is -1.59. The highest BCUT2D eigenvalue weighted by molar-refractivity contribution is 6.33. The highest BCUT2D eigenvalue weighted by Gasteiger charge is 2.10. The number of carbonyl (C=O) groups excluding carboxylic acids is 2. The minimum atomic E-state index is -0.360. The maximum Gasteiger partial charge on any atom is 0.253 e. The van der Waals surface area contributed by atoms with Crippen LogP contribution in [0.15, 0.2) is 24.3 Å². The third-order valence-electron chi connectivity index (χ3n) is 2.77. The number of amides is 2. The zero-order valence-corrected chi connectivity index (χ0v) is 13.8. The quantitative estimate of drug-likeness (QED) is 0.684. The second-order valence-corrected chi connectivity index (χ2v) is 5.74. The minimum Gasteiger partial charge on any atom is -0.381 e. The normalized spacial score (nSPS) is 10.5. The zero-order chi connectivity index (χ0) is 16.4. The first-order valence-corrected chi connectivity index (χ1v) is 7.75. The second-order valence-electron chi connectivity index (χ2n) is 5.33. The molecule has 22 heavy (non-hydrogen) atoms. The van der Waals surface area contributed by atoms with Gasteiger partial charge in [0.15, 0.2) is 0 Å². The second kappa shape index (κ2) is 10.2. The van der Waals surface area contributed by atoms with Crippen LogP contribution < -0.4 is 10.6 Å². The molecule has 1 aromatic rings. The lowest BCUT2D eigenvalue weighted by molar-refractivity contribution is -0.120. The van der Waals surface area contributed by atoms with Crippen LogP contribution in [0.4, 0.5) is 0 Å². The van der Waals surface area contributed by atoms with Gasteiger partial charge in [0.1, 0.15) is 0 Å². The molecule has 0 radical (unpaired) electrons. The van der Waals surface area contributed by atoms with E-state index in [4.69, 9.17) is 16.3 Å². The summed E-state index contributed by atoms with van der Waals surface area (Å²) in [5, 5.41) is 5.63. The number of nitrogens with one attached hydrogen (secondary N) is 2. The Labute approximate surface area is 136 Å². The molecule has 0 fully saturated rings. The van der Waals surface area contributed by atoms with Crippen LogP contribution in [-0.4, -0.2) is 38.1 Å². The summed E-state index contributed by atoms with van der Waals surface area (Å²) in [6.07, 6.45) is 0.747. The van der Waals surface area contributed by atoms with Crippen LogP contribution in [0.25, 0.3) is 0 Å². The Balaban J connectivity index is 2.16. The number of hydrogen-bond donors (Lipinski definition) is 2. The van der Waals surface area contributed by atoms with Crippen molar-refractivity contribution in [3.8, 4) is 0 Å². The van der Waals surface area contributed by atoms with Crippen molar-refractivity contribution in [2.24, 2.45) is 5.92 Å². The molecule has 0 bridgehead atoms. The predicted molar refractivity (Wildman–Crippen MR) is 87.1 cm³/mol. The molecular formula is C16H23ClN2O3. The van der Waals surface area contributed by atoms with Crippen molar-refractivity contribution in [2.75, 3.05) is 26.3 Å². The summed E-state index contributed by atoms with van der Waals surface area (Å²) in [5.41, 5.74) is 0.360. The summed E-state index contributed by atoms with van der Waals surface area (Å²) >= 11 is 5.91. The molecule has 0 saturated carbocycles. The number of rotatable bonds is 9. The first-order valence-electron chi connectivity index (χ1n) is 7.38. The fraction of sp³-hybridized carbons (Fsp3) is 0.500. The van der Waals surface area contributed by atoms with Crippen LogP contribution in [0.3, 0.4) is 0 Å². The molecule has 0 atom stereocenters. The van der Waals surface area contributed by atoms with Crippen LogP contribution in [0, 0.1) is 5.92 Å². The highest BCUT2D eigenvalue weighted by atomic mass is 35.5. The number of benzene rings is 1. The SMILES string of the molecule is CC(C)COCCCNC(=O)CNC(=O)c1ccccc1Cl. The Bertz CT molecular complexity index is 492. The lowest BCUT2D eigenvalue weighted by Gasteiger charge is -2.09. The van der Waals surface area contributed by atoms with Gasteiger partial charge in [0, 0.05) is 19.8 Å². The Morgan fingerprint density at radius 2 is 1.95 bits per heavy atom. The number of hydrogen-bond acceptors (Lipinski definition) is 3. The lowest BCUT2D eigenvalue weighted by Crippen LogP contribution is -2.37. The first-order chi connectivity index (χ1) is 10.5. The van der Waals surface area contributed by atoms with Crippen LogP contribution in [-0.2, 0) is 9.53 Å². The predicted octanol–water partition coefficient (Wildman–Crippen LogP) is 2.25. The zero-order valence-electron chi connectivity index (χ0n) is 13.0. The first kappa shape index (κ1) is 18.5. The Morgan fingerprint density at radius 1 is 1.23 bits per heavy atom. The van der Waals surface area contributed by atoms with Crippen LogP contribution >= 0.6 is 11.6 Å². The standard InChI is InChI=1S/C16H23ClN2O3/c1-12(2)11-22-9-5-8-18-15(20)10-19-16(21)13-6-3-4-7-14(13)17/h3-4,6-7,12H,5,8-11H2,1-2H3,(H,18,20)(H,19,21). The molecule has 0 aliphatic heterocycles. The topological polar surface area (TPSA) is 67.4 Å². The molecule has 5 nitrogen and oxygen atoms in total. The molecule has 1 aromatic carbocycles. The fourth-order valence-corrected chi connectivity index (χ4v) is 1.91. The summed E-state index contributed by atoms with van der Waals surface area (Å²) in [4.78, 5) is 23.5. The van der Waals surface area contributed by atoms with Gasteiger partial charge in [-0.25, -0.2) is 0 Å². The van der Waals surface area contributed by atoms with Gasteiger partial charge in [-0.3, -0.25) is 9.59 Å². The van der Waals surface area contributed by atoms with Gasteiger partial charge in [0.2, 0.25) is 5.91 Å². The summed E-state index contributed by atoms with van der Waals surface area (Å²) in [6, 6.07) is 6.71. The highest BCUT2D eigenvalue weighted by Crippen LogP contribution is 2.14. The van der Waals surface area contributed by atoms with Crippen molar-refractivity contribution in [1.29, 1.82) is 0 Å². The van der Waals surface area contributed by atoms with Crippen LogP contribution in [0.2, 0.25) is 5.02 Å². The van der Waals surface area contributed by atoms with E-state index >= 15 is 0 Å². The van der Waals surface area contributed by atoms with Crippen molar-refractivity contribution in [3.05, 3.63) is 34.9 Å². The van der Waals surface area contributed by atoms with E-state index in [1.807, 2.05) is 0 Å². The minimum absolute atomic E-state index is 0.0725. The molecule has 0 saturated heterocycles. The average molecular weight is 327 g/mol. The maximum atomic E-state index is 11.9. The van der Waals surface area contributed by atoms with Gasteiger partial charge in [-0.15, -0.1) is 0 Å². The molecule has 0 unspecified atom stereocenters. The molecule has 2 N–H and O–H groups in total. The molecule has 0 aliphatic carbocycles. The van der Waals surface area contributed by atoms with Crippen molar-refractivity contribution >= 4 is 23.4 Å². The van der Waals surface area contributed by atoms with Gasteiger partial charge in [0.05, 0.1) is 17.1 Å². The van der Waals surface area contributed by atoms with Crippen molar-refractivity contribution in [3.63, 3.8) is 0 Å². The van der Waals surface area contributed by atoms with Crippen LogP contribution in [0.1, 0.15) is 30.6 Å². The molecule has 0 heterocycles. The lowest BCUT2D eigenvalue weighted by atomic mass is 10.2. The fourth-order valence-electron chi connectivity index (χ4n) is 1.68. The molecule has 6 heteroatoms. The van der Waals surface area contributed by atoms with E-state index in [0.29, 0.717) is 29.7 Å². The number of halogens is 1. The van der Waals surface area contributed by atoms with Gasteiger partial charge in [-0.2, -0.15) is 0 Å². The molecule has 0 aliphatic rings. The van der Waals surface area contributed by atoms with E-state index in [1.165, 1.54) is 0 Å². The van der Waals surface area contributed by atoms with E-state index in [9.17, 15) is 9.59 Å².